The number of aliphatic hydroxyl groups is 1. The van der Waals surface area contributed by atoms with Gasteiger partial charge in [-0.15, -0.1) is 0 Å². The van der Waals surface area contributed by atoms with Crippen molar-refractivity contribution in [1.82, 2.24) is 10.6 Å². The van der Waals surface area contributed by atoms with Crippen molar-refractivity contribution in [2.24, 2.45) is 4.99 Å². The SMILES string of the molecule is O=C1NC(=NCCCCCO)NC1=O. The molecule has 0 aromatic heterocycles. The molecule has 1 aliphatic heterocycles. The van der Waals surface area contributed by atoms with E-state index in [4.69, 9.17) is 5.11 Å². The van der Waals surface area contributed by atoms with Crippen LogP contribution in [0.25, 0.3) is 0 Å². The number of guanidine groups is 1. The third kappa shape index (κ3) is 3.14. The van der Waals surface area contributed by atoms with Gasteiger partial charge in [0.05, 0.1) is 0 Å². The van der Waals surface area contributed by atoms with Gasteiger partial charge in [-0.25, -0.2) is 0 Å². The van der Waals surface area contributed by atoms with Gasteiger partial charge in [-0.3, -0.25) is 25.2 Å². The summed E-state index contributed by atoms with van der Waals surface area (Å²) in [6.07, 6.45) is 2.47. The van der Waals surface area contributed by atoms with E-state index in [1.165, 1.54) is 0 Å². The van der Waals surface area contributed by atoms with Crippen molar-refractivity contribution in [2.75, 3.05) is 13.2 Å². The number of aliphatic imine (C=N–C) groups is 1. The summed E-state index contributed by atoms with van der Waals surface area (Å²) in [5, 5.41) is 13.1. The molecule has 6 heteroatoms. The Hall–Kier alpha value is -1.43. The third-order valence-corrected chi connectivity index (χ3v) is 1.76. The number of nitrogens with one attached hydrogen (secondary N) is 2. The highest BCUT2D eigenvalue weighted by Crippen LogP contribution is 1.94. The zero-order valence-electron chi connectivity index (χ0n) is 7.75. The highest BCUT2D eigenvalue weighted by molar-refractivity contribution is 6.45. The molecular weight excluding hydrogens is 186 g/mol. The second kappa shape index (κ2) is 5.33. The van der Waals surface area contributed by atoms with Gasteiger partial charge in [-0.1, -0.05) is 0 Å². The van der Waals surface area contributed by atoms with E-state index in [1.54, 1.807) is 0 Å². The van der Waals surface area contributed by atoms with Gasteiger partial charge < -0.3 is 5.11 Å². The number of aliphatic hydroxyl groups excluding tert-OH is 1. The minimum absolute atomic E-state index is 0.185. The standard InChI is InChI=1S/C8H13N3O3/c12-5-3-1-2-4-9-8-10-6(13)7(14)11-8/h12H,1-5H2,(H2,9,10,11,13,14). The molecule has 0 radical (unpaired) electrons. The lowest BCUT2D eigenvalue weighted by Gasteiger charge is -1.96. The van der Waals surface area contributed by atoms with Gasteiger partial charge in [0.1, 0.15) is 0 Å². The Labute approximate surface area is 81.4 Å². The number of unbranched alkanes of at least 4 members (excludes halogenated alkanes) is 2. The lowest BCUT2D eigenvalue weighted by atomic mass is 10.2. The molecule has 0 spiro atoms. The molecular formula is C8H13N3O3. The maximum Gasteiger partial charge on any atom is 0.316 e. The van der Waals surface area contributed by atoms with Gasteiger partial charge in [0.25, 0.3) is 0 Å². The summed E-state index contributed by atoms with van der Waals surface area (Å²) >= 11 is 0. The van der Waals surface area contributed by atoms with Crippen LogP contribution in [0, 0.1) is 0 Å². The summed E-state index contributed by atoms with van der Waals surface area (Å²) in [7, 11) is 0. The van der Waals surface area contributed by atoms with E-state index in [0.29, 0.717) is 6.54 Å². The molecule has 1 aliphatic rings. The zero-order chi connectivity index (χ0) is 10.4. The quantitative estimate of drug-likeness (QED) is 0.381. The first-order valence-electron chi connectivity index (χ1n) is 4.51. The van der Waals surface area contributed by atoms with Crippen LogP contribution < -0.4 is 10.6 Å². The van der Waals surface area contributed by atoms with Crippen molar-refractivity contribution in [3.8, 4) is 0 Å². The van der Waals surface area contributed by atoms with Crippen LogP contribution in [0.15, 0.2) is 4.99 Å². The average Bonchev–Trinajstić information content (AvgIpc) is 2.46. The molecule has 2 amide bonds. The van der Waals surface area contributed by atoms with Gasteiger partial charge in [0.2, 0.25) is 5.96 Å². The molecule has 78 valence electrons. The van der Waals surface area contributed by atoms with Crippen molar-refractivity contribution < 1.29 is 14.7 Å². The molecule has 1 fully saturated rings. The van der Waals surface area contributed by atoms with Crippen LogP contribution in [0.4, 0.5) is 0 Å². The van der Waals surface area contributed by atoms with Crippen LogP contribution in [0.3, 0.4) is 0 Å². The zero-order valence-corrected chi connectivity index (χ0v) is 7.75. The van der Waals surface area contributed by atoms with Crippen LogP contribution in [0.5, 0.6) is 0 Å². The number of hydrogen-bond acceptors (Lipinski definition) is 4. The summed E-state index contributed by atoms with van der Waals surface area (Å²) < 4.78 is 0. The number of carbonyl (C=O) groups excluding carboxylic acids is 2. The lowest BCUT2D eigenvalue weighted by Crippen LogP contribution is -2.25. The molecule has 1 heterocycles. The molecule has 0 aromatic carbocycles. The molecule has 0 aromatic rings. The van der Waals surface area contributed by atoms with Crippen molar-refractivity contribution in [3.05, 3.63) is 0 Å². The summed E-state index contributed by atoms with van der Waals surface area (Å²) in [5.41, 5.74) is 0. The molecule has 0 aliphatic carbocycles. The van der Waals surface area contributed by atoms with Crippen molar-refractivity contribution in [3.63, 3.8) is 0 Å². The van der Waals surface area contributed by atoms with Crippen LogP contribution in [0.1, 0.15) is 19.3 Å². The van der Waals surface area contributed by atoms with Gasteiger partial charge in [0.15, 0.2) is 0 Å². The minimum atomic E-state index is -0.667. The minimum Gasteiger partial charge on any atom is -0.396 e. The van der Waals surface area contributed by atoms with Crippen LogP contribution in [0.2, 0.25) is 0 Å². The van der Waals surface area contributed by atoms with E-state index < -0.39 is 11.8 Å². The van der Waals surface area contributed by atoms with E-state index in [0.717, 1.165) is 19.3 Å². The molecule has 6 nitrogen and oxygen atoms in total. The van der Waals surface area contributed by atoms with Gasteiger partial charge in [-0.2, -0.15) is 0 Å². The van der Waals surface area contributed by atoms with E-state index in [2.05, 4.69) is 15.6 Å². The molecule has 0 bridgehead atoms. The Kier molecular flexibility index (Phi) is 4.06. The first-order chi connectivity index (χ1) is 6.74. The highest BCUT2D eigenvalue weighted by Gasteiger charge is 2.24. The number of rotatable bonds is 5. The van der Waals surface area contributed by atoms with E-state index in [9.17, 15) is 9.59 Å². The number of amides is 2. The molecule has 0 saturated carbocycles. The smallest absolute Gasteiger partial charge is 0.316 e. The molecule has 3 N–H and O–H groups in total. The van der Waals surface area contributed by atoms with Crippen molar-refractivity contribution >= 4 is 17.8 Å². The number of carbonyl (C=O) groups is 2. The Morgan fingerprint density at radius 3 is 2.29 bits per heavy atom. The van der Waals surface area contributed by atoms with E-state index in [1.807, 2.05) is 0 Å². The third-order valence-electron chi connectivity index (χ3n) is 1.76. The summed E-state index contributed by atoms with van der Waals surface area (Å²) in [6.45, 7) is 0.722. The van der Waals surface area contributed by atoms with Gasteiger partial charge in [-0.05, 0) is 19.3 Å². The first-order valence-corrected chi connectivity index (χ1v) is 4.51. The van der Waals surface area contributed by atoms with E-state index >= 15 is 0 Å². The Balaban J connectivity index is 2.19. The number of nitrogens with zero attached hydrogens (tertiary/aromatic N) is 1. The maximum atomic E-state index is 10.7. The molecule has 0 unspecified atom stereocenters. The van der Waals surface area contributed by atoms with Crippen LogP contribution in [-0.4, -0.2) is 36.0 Å². The van der Waals surface area contributed by atoms with Crippen LogP contribution in [-0.2, 0) is 9.59 Å². The fourth-order valence-corrected chi connectivity index (χ4v) is 1.03. The maximum absolute atomic E-state index is 10.7. The fraction of sp³-hybridized carbons (Fsp3) is 0.625. The van der Waals surface area contributed by atoms with Gasteiger partial charge in [0, 0.05) is 13.2 Å². The predicted molar refractivity (Wildman–Crippen MR) is 49.5 cm³/mol. The Bertz CT molecular complexity index is 245. The topological polar surface area (TPSA) is 90.8 Å². The summed E-state index contributed by atoms with van der Waals surface area (Å²) in [4.78, 5) is 25.3. The normalized spacial score (nSPS) is 15.4. The van der Waals surface area contributed by atoms with E-state index in [-0.39, 0.29) is 12.6 Å². The average molecular weight is 199 g/mol. The van der Waals surface area contributed by atoms with Crippen LogP contribution >= 0.6 is 0 Å². The van der Waals surface area contributed by atoms with Gasteiger partial charge >= 0.3 is 11.8 Å². The molecule has 14 heavy (non-hydrogen) atoms. The molecule has 1 rings (SSSR count). The summed E-state index contributed by atoms with van der Waals surface area (Å²) in [5.74, 6) is -1.11. The first kappa shape index (κ1) is 10.6. The second-order valence-electron chi connectivity index (χ2n) is 2.92. The second-order valence-corrected chi connectivity index (χ2v) is 2.92. The monoisotopic (exact) mass is 199 g/mol. The largest absolute Gasteiger partial charge is 0.396 e. The summed E-state index contributed by atoms with van der Waals surface area (Å²) in [6, 6.07) is 0. The fourth-order valence-electron chi connectivity index (χ4n) is 1.03. The van der Waals surface area contributed by atoms with Crippen molar-refractivity contribution in [2.45, 2.75) is 19.3 Å². The Morgan fingerprint density at radius 1 is 1.07 bits per heavy atom. The molecule has 0 atom stereocenters. The lowest BCUT2D eigenvalue weighted by molar-refractivity contribution is -0.135. The highest BCUT2D eigenvalue weighted by atomic mass is 16.3. The number of hydrogen-bond donors (Lipinski definition) is 3. The Morgan fingerprint density at radius 2 is 1.71 bits per heavy atom. The van der Waals surface area contributed by atoms with Crippen molar-refractivity contribution in [1.29, 1.82) is 0 Å². The predicted octanol–water partition coefficient (Wildman–Crippen LogP) is -1.25. The molecule has 1 saturated heterocycles.